The minimum absolute atomic E-state index is 0.0519. The van der Waals surface area contributed by atoms with Crippen LogP contribution in [0, 0.1) is 0 Å². The van der Waals surface area contributed by atoms with Gasteiger partial charge in [-0.1, -0.05) is 35.2 Å². The summed E-state index contributed by atoms with van der Waals surface area (Å²) >= 11 is 3.19. The molecule has 82 valence electrons. The van der Waals surface area contributed by atoms with Gasteiger partial charge in [0.2, 0.25) is 5.91 Å². The first-order valence-electron chi connectivity index (χ1n) is 5.18. The van der Waals surface area contributed by atoms with E-state index >= 15 is 0 Å². The highest BCUT2D eigenvalue weighted by Crippen LogP contribution is 2.27. The van der Waals surface area contributed by atoms with E-state index in [0.717, 1.165) is 25.7 Å². The van der Waals surface area contributed by atoms with Gasteiger partial charge in [-0.05, 0) is 19.8 Å². The number of halogens is 1. The number of aliphatic hydroxyl groups is 1. The Hall–Kier alpha value is -0.0900. The van der Waals surface area contributed by atoms with Gasteiger partial charge in [-0.3, -0.25) is 4.79 Å². The van der Waals surface area contributed by atoms with Gasteiger partial charge < -0.3 is 10.4 Å². The first-order chi connectivity index (χ1) is 6.53. The highest BCUT2D eigenvalue weighted by Gasteiger charge is 2.29. The number of alkyl halides is 1. The Morgan fingerprint density at radius 3 is 2.57 bits per heavy atom. The lowest BCUT2D eigenvalue weighted by atomic mass is 9.85. The summed E-state index contributed by atoms with van der Waals surface area (Å²) < 4.78 is 0. The van der Waals surface area contributed by atoms with Crippen LogP contribution in [0.15, 0.2) is 0 Å². The minimum atomic E-state index is -0.657. The molecule has 1 rings (SSSR count). The van der Waals surface area contributed by atoms with E-state index in [1.54, 1.807) is 6.92 Å². The van der Waals surface area contributed by atoms with Gasteiger partial charge in [0.05, 0.1) is 10.4 Å². The molecule has 1 saturated carbocycles. The van der Waals surface area contributed by atoms with E-state index in [0.29, 0.717) is 6.54 Å². The number of carbonyl (C=O) groups is 1. The second-order valence-electron chi connectivity index (χ2n) is 4.12. The molecule has 0 aromatic carbocycles. The summed E-state index contributed by atoms with van der Waals surface area (Å²) in [6.45, 7) is 2.17. The SMILES string of the molecule is CC(Br)C(=O)NCC1(O)CCCCC1. The van der Waals surface area contributed by atoms with E-state index in [-0.39, 0.29) is 10.7 Å². The Morgan fingerprint density at radius 2 is 2.07 bits per heavy atom. The van der Waals surface area contributed by atoms with Crippen LogP contribution in [0.3, 0.4) is 0 Å². The first-order valence-corrected chi connectivity index (χ1v) is 6.09. The lowest BCUT2D eigenvalue weighted by Crippen LogP contribution is -2.45. The zero-order valence-corrected chi connectivity index (χ0v) is 10.1. The summed E-state index contributed by atoms with van der Waals surface area (Å²) in [6.07, 6.45) is 4.95. The third kappa shape index (κ3) is 3.58. The van der Waals surface area contributed by atoms with E-state index in [4.69, 9.17) is 0 Å². The molecule has 0 spiro atoms. The number of rotatable bonds is 3. The monoisotopic (exact) mass is 263 g/mol. The van der Waals surface area contributed by atoms with Crippen LogP contribution in [-0.4, -0.2) is 28.0 Å². The Labute approximate surface area is 93.4 Å². The van der Waals surface area contributed by atoms with Crippen LogP contribution in [0.2, 0.25) is 0 Å². The van der Waals surface area contributed by atoms with Gasteiger partial charge in [0.15, 0.2) is 0 Å². The Morgan fingerprint density at radius 1 is 1.50 bits per heavy atom. The van der Waals surface area contributed by atoms with E-state index in [1.165, 1.54) is 6.42 Å². The summed E-state index contributed by atoms with van der Waals surface area (Å²) in [4.78, 5) is 11.1. The van der Waals surface area contributed by atoms with Gasteiger partial charge in [-0.2, -0.15) is 0 Å². The van der Waals surface area contributed by atoms with Crippen molar-refractivity contribution in [2.24, 2.45) is 0 Å². The Bertz CT molecular complexity index is 200. The predicted octanol–water partition coefficient (Wildman–Crippen LogP) is 1.58. The zero-order valence-electron chi connectivity index (χ0n) is 8.55. The highest BCUT2D eigenvalue weighted by atomic mass is 79.9. The molecule has 3 nitrogen and oxygen atoms in total. The molecule has 1 unspecified atom stereocenters. The number of amides is 1. The molecule has 0 aliphatic heterocycles. The van der Waals surface area contributed by atoms with Crippen molar-refractivity contribution >= 4 is 21.8 Å². The maximum Gasteiger partial charge on any atom is 0.233 e. The quantitative estimate of drug-likeness (QED) is 0.760. The maximum absolute atomic E-state index is 11.3. The summed E-state index contributed by atoms with van der Waals surface area (Å²) in [5.41, 5.74) is -0.657. The molecule has 0 aromatic heterocycles. The van der Waals surface area contributed by atoms with Gasteiger partial charge in [0.1, 0.15) is 0 Å². The Kier molecular flexibility index (Phi) is 4.38. The van der Waals surface area contributed by atoms with E-state index in [9.17, 15) is 9.90 Å². The number of hydrogen-bond acceptors (Lipinski definition) is 2. The van der Waals surface area contributed by atoms with E-state index < -0.39 is 5.60 Å². The van der Waals surface area contributed by atoms with Crippen LogP contribution in [0.25, 0.3) is 0 Å². The zero-order chi connectivity index (χ0) is 10.6. The van der Waals surface area contributed by atoms with Gasteiger partial charge in [-0.15, -0.1) is 0 Å². The fourth-order valence-electron chi connectivity index (χ4n) is 1.78. The van der Waals surface area contributed by atoms with Crippen molar-refractivity contribution in [1.29, 1.82) is 0 Å². The lowest BCUT2D eigenvalue weighted by Gasteiger charge is -2.32. The summed E-state index contributed by atoms with van der Waals surface area (Å²) in [6, 6.07) is 0. The number of nitrogens with one attached hydrogen (secondary N) is 1. The van der Waals surface area contributed by atoms with E-state index in [1.807, 2.05) is 0 Å². The van der Waals surface area contributed by atoms with Crippen molar-refractivity contribution in [2.45, 2.75) is 49.5 Å². The molecule has 14 heavy (non-hydrogen) atoms. The minimum Gasteiger partial charge on any atom is -0.388 e. The van der Waals surface area contributed by atoms with E-state index in [2.05, 4.69) is 21.2 Å². The van der Waals surface area contributed by atoms with Crippen molar-refractivity contribution < 1.29 is 9.90 Å². The fourth-order valence-corrected chi connectivity index (χ4v) is 1.94. The van der Waals surface area contributed by atoms with Crippen LogP contribution in [0.4, 0.5) is 0 Å². The van der Waals surface area contributed by atoms with Crippen molar-refractivity contribution in [2.75, 3.05) is 6.54 Å². The molecular formula is C10H18BrNO2. The molecule has 0 radical (unpaired) electrons. The van der Waals surface area contributed by atoms with Crippen molar-refractivity contribution in [3.63, 3.8) is 0 Å². The largest absolute Gasteiger partial charge is 0.388 e. The summed E-state index contributed by atoms with van der Waals surface area (Å²) in [5, 5.41) is 12.8. The predicted molar refractivity (Wildman–Crippen MR) is 59.4 cm³/mol. The molecule has 4 heteroatoms. The molecule has 0 bridgehead atoms. The second kappa shape index (κ2) is 5.12. The van der Waals surface area contributed by atoms with Gasteiger partial charge in [0.25, 0.3) is 0 Å². The molecule has 0 aromatic rings. The van der Waals surface area contributed by atoms with Crippen LogP contribution in [0.1, 0.15) is 39.0 Å². The smallest absolute Gasteiger partial charge is 0.233 e. The Balaban J connectivity index is 2.32. The van der Waals surface area contributed by atoms with Crippen molar-refractivity contribution in [3.05, 3.63) is 0 Å². The average molecular weight is 264 g/mol. The standard InChI is InChI=1S/C10H18BrNO2/c1-8(11)9(13)12-7-10(14)5-3-2-4-6-10/h8,14H,2-7H2,1H3,(H,12,13). The average Bonchev–Trinajstić information content (AvgIpc) is 2.15. The van der Waals surface area contributed by atoms with Crippen molar-refractivity contribution in [1.82, 2.24) is 5.32 Å². The van der Waals surface area contributed by atoms with Gasteiger partial charge in [-0.25, -0.2) is 0 Å². The molecule has 1 atom stereocenters. The number of hydrogen-bond donors (Lipinski definition) is 2. The summed E-state index contributed by atoms with van der Waals surface area (Å²) in [5.74, 6) is -0.0519. The normalized spacial score (nSPS) is 22.8. The molecule has 2 N–H and O–H groups in total. The highest BCUT2D eigenvalue weighted by molar-refractivity contribution is 9.10. The van der Waals surface area contributed by atoms with Crippen LogP contribution in [-0.2, 0) is 4.79 Å². The second-order valence-corrected chi connectivity index (χ2v) is 5.49. The molecule has 1 amide bonds. The molecular weight excluding hydrogens is 246 g/mol. The molecule has 0 saturated heterocycles. The lowest BCUT2D eigenvalue weighted by molar-refractivity contribution is -0.121. The van der Waals surface area contributed by atoms with Crippen LogP contribution in [0.5, 0.6) is 0 Å². The molecule has 1 aliphatic rings. The number of carbonyl (C=O) groups excluding carboxylic acids is 1. The third-order valence-corrected chi connectivity index (χ3v) is 3.15. The summed E-state index contributed by atoms with van der Waals surface area (Å²) in [7, 11) is 0. The molecule has 0 heterocycles. The molecule has 1 aliphatic carbocycles. The van der Waals surface area contributed by atoms with Gasteiger partial charge in [0, 0.05) is 6.54 Å². The molecule has 1 fully saturated rings. The van der Waals surface area contributed by atoms with Crippen LogP contribution < -0.4 is 5.32 Å². The maximum atomic E-state index is 11.3. The van der Waals surface area contributed by atoms with Gasteiger partial charge >= 0.3 is 0 Å². The fraction of sp³-hybridized carbons (Fsp3) is 0.900. The topological polar surface area (TPSA) is 49.3 Å². The van der Waals surface area contributed by atoms with Crippen molar-refractivity contribution in [3.8, 4) is 0 Å². The third-order valence-electron chi connectivity index (χ3n) is 2.74. The van der Waals surface area contributed by atoms with Crippen LogP contribution >= 0.6 is 15.9 Å². The first kappa shape index (κ1) is 12.0.